The molecule has 0 aliphatic heterocycles. The highest BCUT2D eigenvalue weighted by Gasteiger charge is 2.03. The molecule has 0 amide bonds. The van der Waals surface area contributed by atoms with Crippen molar-refractivity contribution in [3.05, 3.63) is 39.3 Å². The van der Waals surface area contributed by atoms with E-state index in [1.807, 2.05) is 0 Å². The summed E-state index contributed by atoms with van der Waals surface area (Å²) in [5.74, 6) is 0. The molecule has 0 aliphatic rings. The van der Waals surface area contributed by atoms with Gasteiger partial charge in [-0.2, -0.15) is 11.3 Å². The van der Waals surface area contributed by atoms with Crippen LogP contribution in [0.25, 0.3) is 0 Å². The molecule has 0 atom stereocenters. The van der Waals surface area contributed by atoms with Crippen LogP contribution in [-0.2, 0) is 6.42 Å². The number of halogens is 1. The van der Waals surface area contributed by atoms with E-state index in [0.717, 1.165) is 23.1 Å². The van der Waals surface area contributed by atoms with Crippen molar-refractivity contribution in [1.29, 1.82) is 0 Å². The zero-order chi connectivity index (χ0) is 11.4. The normalized spacial score (nSPS) is 10.3. The molecular weight excluding hydrogens is 286 g/mol. The van der Waals surface area contributed by atoms with Gasteiger partial charge in [0.15, 0.2) is 0 Å². The molecule has 5 heteroatoms. The highest BCUT2D eigenvalue weighted by molar-refractivity contribution is 9.10. The van der Waals surface area contributed by atoms with Gasteiger partial charge in [-0.25, -0.2) is 0 Å². The Hall–Kier alpha value is -1.07. The second kappa shape index (κ2) is 5.32. The summed E-state index contributed by atoms with van der Waals surface area (Å²) in [5.41, 5.74) is 8.76. The third-order valence-electron chi connectivity index (χ3n) is 2.22. The van der Waals surface area contributed by atoms with Crippen molar-refractivity contribution >= 4 is 38.6 Å². The fourth-order valence-electron chi connectivity index (χ4n) is 1.40. The van der Waals surface area contributed by atoms with Crippen molar-refractivity contribution in [3.63, 3.8) is 0 Å². The fraction of sp³-hybridized carbons (Fsp3) is 0.182. The zero-order valence-corrected chi connectivity index (χ0v) is 11.0. The molecule has 0 aliphatic carbocycles. The summed E-state index contributed by atoms with van der Waals surface area (Å²) < 4.78 is 0.901. The molecule has 2 rings (SSSR count). The molecule has 3 N–H and O–H groups in total. The van der Waals surface area contributed by atoms with Gasteiger partial charge in [0.25, 0.3) is 0 Å². The molecule has 0 aromatic carbocycles. The quantitative estimate of drug-likeness (QED) is 0.911. The molecule has 0 fully saturated rings. The van der Waals surface area contributed by atoms with Crippen LogP contribution in [0.3, 0.4) is 0 Å². The summed E-state index contributed by atoms with van der Waals surface area (Å²) in [4.78, 5) is 3.99. The van der Waals surface area contributed by atoms with Gasteiger partial charge in [-0.05, 0) is 44.7 Å². The largest absolute Gasteiger partial charge is 0.396 e. The Balaban J connectivity index is 1.95. The molecular formula is C11H12BrN3S. The number of rotatable bonds is 4. The molecule has 0 bridgehead atoms. The average Bonchev–Trinajstić information content (AvgIpc) is 2.75. The molecule has 0 saturated heterocycles. The van der Waals surface area contributed by atoms with Gasteiger partial charge >= 0.3 is 0 Å². The van der Waals surface area contributed by atoms with E-state index in [0.29, 0.717) is 5.69 Å². The maximum atomic E-state index is 5.83. The van der Waals surface area contributed by atoms with Crippen molar-refractivity contribution < 1.29 is 0 Å². The van der Waals surface area contributed by atoms with Crippen molar-refractivity contribution in [2.45, 2.75) is 6.42 Å². The molecule has 0 radical (unpaired) electrons. The third-order valence-corrected chi connectivity index (χ3v) is 3.56. The SMILES string of the molecule is Nc1cncc(Br)c1NCCc1ccsc1. The lowest BCUT2D eigenvalue weighted by molar-refractivity contribution is 1.02. The lowest BCUT2D eigenvalue weighted by Crippen LogP contribution is -2.07. The second-order valence-corrected chi connectivity index (χ2v) is 5.03. The van der Waals surface area contributed by atoms with Gasteiger partial charge in [-0.1, -0.05) is 0 Å². The van der Waals surface area contributed by atoms with E-state index in [4.69, 9.17) is 5.73 Å². The van der Waals surface area contributed by atoms with Crippen LogP contribution in [0.1, 0.15) is 5.56 Å². The number of nitrogens with two attached hydrogens (primary N) is 1. The van der Waals surface area contributed by atoms with Gasteiger partial charge in [0, 0.05) is 12.7 Å². The molecule has 0 unspecified atom stereocenters. The first kappa shape index (κ1) is 11.4. The van der Waals surface area contributed by atoms with Crippen LogP contribution in [-0.4, -0.2) is 11.5 Å². The van der Waals surface area contributed by atoms with Crippen LogP contribution in [0.4, 0.5) is 11.4 Å². The topological polar surface area (TPSA) is 50.9 Å². The van der Waals surface area contributed by atoms with E-state index in [1.54, 1.807) is 23.7 Å². The summed E-state index contributed by atoms with van der Waals surface area (Å²) in [6.45, 7) is 0.865. The van der Waals surface area contributed by atoms with Gasteiger partial charge in [0.05, 0.1) is 22.0 Å². The van der Waals surface area contributed by atoms with E-state index in [-0.39, 0.29) is 0 Å². The molecule has 2 aromatic rings. The summed E-state index contributed by atoms with van der Waals surface area (Å²) >= 11 is 5.14. The van der Waals surface area contributed by atoms with E-state index in [9.17, 15) is 0 Å². The third kappa shape index (κ3) is 2.74. The first-order chi connectivity index (χ1) is 7.77. The number of nitrogens with zero attached hydrogens (tertiary/aromatic N) is 1. The highest BCUT2D eigenvalue weighted by atomic mass is 79.9. The lowest BCUT2D eigenvalue weighted by Gasteiger charge is -2.10. The first-order valence-corrected chi connectivity index (χ1v) is 6.65. The summed E-state index contributed by atoms with van der Waals surface area (Å²) in [5, 5.41) is 7.56. The van der Waals surface area contributed by atoms with Crippen molar-refractivity contribution in [1.82, 2.24) is 4.98 Å². The van der Waals surface area contributed by atoms with Crippen molar-refractivity contribution in [2.75, 3.05) is 17.6 Å². The number of thiophene rings is 1. The van der Waals surface area contributed by atoms with Crippen LogP contribution in [0, 0.1) is 0 Å². The minimum absolute atomic E-state index is 0.666. The number of aromatic nitrogens is 1. The second-order valence-electron chi connectivity index (χ2n) is 3.39. The Labute approximate surface area is 107 Å². The molecule has 3 nitrogen and oxygen atoms in total. The summed E-state index contributed by atoms with van der Waals surface area (Å²) in [7, 11) is 0. The van der Waals surface area contributed by atoms with Crippen molar-refractivity contribution in [3.8, 4) is 0 Å². The van der Waals surface area contributed by atoms with Crippen LogP contribution < -0.4 is 11.1 Å². The molecule has 2 aromatic heterocycles. The van der Waals surface area contributed by atoms with E-state index < -0.39 is 0 Å². The maximum Gasteiger partial charge on any atom is 0.0750 e. The van der Waals surface area contributed by atoms with Gasteiger partial charge in [0.1, 0.15) is 0 Å². The predicted octanol–water partition coefficient (Wildman–Crippen LogP) is 3.14. The molecule has 0 saturated carbocycles. The van der Waals surface area contributed by atoms with E-state index >= 15 is 0 Å². The van der Waals surface area contributed by atoms with Gasteiger partial charge in [0.2, 0.25) is 0 Å². The number of hydrogen-bond acceptors (Lipinski definition) is 4. The van der Waals surface area contributed by atoms with Crippen LogP contribution in [0.2, 0.25) is 0 Å². The summed E-state index contributed by atoms with van der Waals surface area (Å²) in [6.07, 6.45) is 4.39. The molecule has 2 heterocycles. The molecule has 0 spiro atoms. The Morgan fingerprint density at radius 2 is 2.31 bits per heavy atom. The van der Waals surface area contributed by atoms with Crippen LogP contribution in [0.15, 0.2) is 33.7 Å². The smallest absolute Gasteiger partial charge is 0.0750 e. The monoisotopic (exact) mass is 297 g/mol. The van der Waals surface area contributed by atoms with Crippen LogP contribution in [0.5, 0.6) is 0 Å². The Kier molecular flexibility index (Phi) is 3.79. The fourth-order valence-corrected chi connectivity index (χ4v) is 2.59. The van der Waals surface area contributed by atoms with Crippen LogP contribution >= 0.6 is 27.3 Å². The zero-order valence-electron chi connectivity index (χ0n) is 8.61. The number of anilines is 2. The lowest BCUT2D eigenvalue weighted by atomic mass is 10.2. The van der Waals surface area contributed by atoms with E-state index in [2.05, 4.69) is 43.1 Å². The standard InChI is InChI=1S/C11H12BrN3S/c12-9-5-14-6-10(13)11(9)15-3-1-8-2-4-16-7-8/h2,4-7H,1,3,13H2,(H,14,15). The number of nitrogens with one attached hydrogen (secondary N) is 1. The van der Waals surface area contributed by atoms with Gasteiger partial charge in [-0.3, -0.25) is 4.98 Å². The molecule has 84 valence electrons. The minimum Gasteiger partial charge on any atom is -0.396 e. The number of nitrogen functional groups attached to an aromatic ring is 1. The Morgan fingerprint density at radius 3 is 3.00 bits per heavy atom. The van der Waals surface area contributed by atoms with Gasteiger partial charge in [-0.15, -0.1) is 0 Å². The Bertz CT molecular complexity index is 436. The first-order valence-electron chi connectivity index (χ1n) is 4.91. The Morgan fingerprint density at radius 1 is 1.44 bits per heavy atom. The van der Waals surface area contributed by atoms with Gasteiger partial charge < -0.3 is 11.1 Å². The average molecular weight is 298 g/mol. The summed E-state index contributed by atoms with van der Waals surface area (Å²) in [6, 6.07) is 2.14. The number of hydrogen-bond donors (Lipinski definition) is 2. The molecule has 16 heavy (non-hydrogen) atoms. The maximum absolute atomic E-state index is 5.83. The van der Waals surface area contributed by atoms with Crippen molar-refractivity contribution in [2.24, 2.45) is 0 Å². The minimum atomic E-state index is 0.666. The predicted molar refractivity (Wildman–Crippen MR) is 72.9 cm³/mol. The number of pyridine rings is 1. The van der Waals surface area contributed by atoms with E-state index in [1.165, 1.54) is 5.56 Å². The highest BCUT2D eigenvalue weighted by Crippen LogP contribution is 2.26.